The Kier molecular flexibility index (Phi) is 4.30. The van der Waals surface area contributed by atoms with E-state index in [9.17, 15) is 14.4 Å². The maximum Gasteiger partial charge on any atom is 0.263 e. The Morgan fingerprint density at radius 3 is 2.58 bits per heavy atom. The average Bonchev–Trinajstić information content (AvgIpc) is 2.77. The third-order valence-corrected chi connectivity index (χ3v) is 4.27. The van der Waals surface area contributed by atoms with Gasteiger partial charge in [-0.25, -0.2) is 0 Å². The summed E-state index contributed by atoms with van der Waals surface area (Å²) in [6.45, 7) is 1.42. The third-order valence-electron chi connectivity index (χ3n) is 3.72. The predicted molar refractivity (Wildman–Crippen MR) is 91.6 cm³/mol. The third kappa shape index (κ3) is 2.88. The van der Waals surface area contributed by atoms with Crippen molar-refractivity contribution in [3.63, 3.8) is 0 Å². The topological polar surface area (TPSA) is 66.5 Å². The van der Waals surface area contributed by atoms with Crippen molar-refractivity contribution >= 4 is 46.6 Å². The molecule has 1 heterocycles. The molecular weight excluding hydrogens is 351 g/mol. The number of hydrogen-bond donors (Lipinski definition) is 1. The van der Waals surface area contributed by atoms with Gasteiger partial charge < -0.3 is 5.32 Å². The van der Waals surface area contributed by atoms with E-state index in [1.54, 1.807) is 24.3 Å². The highest BCUT2D eigenvalue weighted by atomic mass is 35.5. The summed E-state index contributed by atoms with van der Waals surface area (Å²) in [5, 5.41) is 3.33. The van der Waals surface area contributed by atoms with Crippen molar-refractivity contribution in [1.82, 2.24) is 4.90 Å². The van der Waals surface area contributed by atoms with Crippen molar-refractivity contribution in [2.75, 3.05) is 11.9 Å². The van der Waals surface area contributed by atoms with Gasteiger partial charge in [0.2, 0.25) is 5.91 Å². The molecule has 2 aromatic carbocycles. The van der Waals surface area contributed by atoms with Crippen molar-refractivity contribution in [3.8, 4) is 0 Å². The van der Waals surface area contributed by atoms with E-state index in [0.717, 1.165) is 10.5 Å². The Bertz CT molecular complexity index is 880. The van der Waals surface area contributed by atoms with E-state index in [4.69, 9.17) is 23.2 Å². The largest absolute Gasteiger partial charge is 0.324 e. The summed E-state index contributed by atoms with van der Waals surface area (Å²) in [6.07, 6.45) is 0. The number of amides is 3. The van der Waals surface area contributed by atoms with E-state index >= 15 is 0 Å². The van der Waals surface area contributed by atoms with E-state index in [0.29, 0.717) is 10.7 Å². The van der Waals surface area contributed by atoms with Crippen LogP contribution >= 0.6 is 23.2 Å². The second kappa shape index (κ2) is 6.26. The quantitative estimate of drug-likeness (QED) is 0.849. The van der Waals surface area contributed by atoms with Crippen LogP contribution in [-0.4, -0.2) is 29.2 Å². The van der Waals surface area contributed by atoms with Gasteiger partial charge >= 0.3 is 0 Å². The van der Waals surface area contributed by atoms with E-state index in [1.165, 1.54) is 12.1 Å². The molecule has 0 saturated carbocycles. The molecule has 0 spiro atoms. The molecule has 1 aliphatic rings. The molecule has 0 fully saturated rings. The summed E-state index contributed by atoms with van der Waals surface area (Å²) in [5.41, 5.74) is 1.69. The Morgan fingerprint density at radius 2 is 1.88 bits per heavy atom. The van der Waals surface area contributed by atoms with Gasteiger partial charge in [0.1, 0.15) is 6.54 Å². The molecule has 1 aliphatic heterocycles. The van der Waals surface area contributed by atoms with Crippen LogP contribution in [0.15, 0.2) is 36.4 Å². The number of hydrogen-bond acceptors (Lipinski definition) is 3. The molecule has 0 bridgehead atoms. The zero-order valence-electron chi connectivity index (χ0n) is 12.6. The molecule has 7 heteroatoms. The molecule has 0 saturated heterocycles. The number of imide groups is 1. The van der Waals surface area contributed by atoms with E-state index in [-0.39, 0.29) is 16.1 Å². The molecular formula is C17H12Cl2N2O3. The van der Waals surface area contributed by atoms with E-state index in [1.807, 2.05) is 6.92 Å². The second-order valence-electron chi connectivity index (χ2n) is 5.37. The number of benzene rings is 2. The minimum atomic E-state index is -0.571. The van der Waals surface area contributed by atoms with Crippen LogP contribution in [0.1, 0.15) is 26.3 Å². The number of halogens is 2. The molecule has 2 aromatic rings. The molecule has 0 unspecified atom stereocenters. The van der Waals surface area contributed by atoms with Crippen molar-refractivity contribution in [3.05, 3.63) is 63.1 Å². The van der Waals surface area contributed by atoms with Crippen molar-refractivity contribution in [2.45, 2.75) is 6.92 Å². The van der Waals surface area contributed by atoms with Crippen LogP contribution in [-0.2, 0) is 4.79 Å². The first-order valence-corrected chi connectivity index (χ1v) is 7.85. The fraction of sp³-hybridized carbons (Fsp3) is 0.118. The highest BCUT2D eigenvalue weighted by Gasteiger charge is 2.38. The lowest BCUT2D eigenvalue weighted by Crippen LogP contribution is -2.37. The van der Waals surface area contributed by atoms with Gasteiger partial charge in [0.15, 0.2) is 0 Å². The number of nitrogens with one attached hydrogen (secondary N) is 1. The molecule has 3 amide bonds. The smallest absolute Gasteiger partial charge is 0.263 e. The average molecular weight is 363 g/mol. The maximum absolute atomic E-state index is 12.4. The minimum absolute atomic E-state index is 0.135. The number of carbonyl (C=O) groups excluding carboxylic acids is 3. The standard InChI is InChI=1S/C17H12Cl2N2O3/c1-9-5-6-10(18)7-13(9)20-14(22)8-21-16(23)11-3-2-4-12(19)15(11)17(21)24/h2-7H,8H2,1H3,(H,20,22). The van der Waals surface area contributed by atoms with E-state index < -0.39 is 24.3 Å². The fourth-order valence-electron chi connectivity index (χ4n) is 2.50. The Morgan fingerprint density at radius 1 is 1.12 bits per heavy atom. The van der Waals surface area contributed by atoms with Gasteiger partial charge in [0.05, 0.1) is 16.1 Å². The van der Waals surface area contributed by atoms with Crippen molar-refractivity contribution in [1.29, 1.82) is 0 Å². The van der Waals surface area contributed by atoms with Crippen LogP contribution in [0, 0.1) is 6.92 Å². The van der Waals surface area contributed by atoms with Gasteiger partial charge in [-0.3, -0.25) is 19.3 Å². The van der Waals surface area contributed by atoms with Gasteiger partial charge in [-0.2, -0.15) is 0 Å². The summed E-state index contributed by atoms with van der Waals surface area (Å²) >= 11 is 11.9. The van der Waals surface area contributed by atoms with Gasteiger partial charge in [-0.15, -0.1) is 0 Å². The summed E-state index contributed by atoms with van der Waals surface area (Å²) in [7, 11) is 0. The number of rotatable bonds is 3. The lowest BCUT2D eigenvalue weighted by atomic mass is 10.1. The molecule has 0 atom stereocenters. The van der Waals surface area contributed by atoms with Gasteiger partial charge in [0.25, 0.3) is 11.8 Å². The van der Waals surface area contributed by atoms with Crippen LogP contribution in [0.4, 0.5) is 5.69 Å². The summed E-state index contributed by atoms with van der Waals surface area (Å²) in [6, 6.07) is 9.71. The highest BCUT2D eigenvalue weighted by molar-refractivity contribution is 6.37. The monoisotopic (exact) mass is 362 g/mol. The van der Waals surface area contributed by atoms with Gasteiger partial charge in [-0.05, 0) is 36.8 Å². The van der Waals surface area contributed by atoms with Crippen LogP contribution < -0.4 is 5.32 Å². The number of nitrogens with zero attached hydrogens (tertiary/aromatic N) is 1. The first kappa shape index (κ1) is 16.5. The van der Waals surface area contributed by atoms with Gasteiger partial charge in [-0.1, -0.05) is 35.3 Å². The Hall–Kier alpha value is -2.37. The first-order valence-electron chi connectivity index (χ1n) is 7.09. The maximum atomic E-state index is 12.4. The molecule has 0 aromatic heterocycles. The molecule has 0 aliphatic carbocycles. The number of anilines is 1. The highest BCUT2D eigenvalue weighted by Crippen LogP contribution is 2.29. The molecule has 5 nitrogen and oxygen atoms in total. The lowest BCUT2D eigenvalue weighted by Gasteiger charge is -2.14. The fourth-order valence-corrected chi connectivity index (χ4v) is 2.93. The summed E-state index contributed by atoms with van der Waals surface area (Å²) in [5.74, 6) is -1.60. The van der Waals surface area contributed by atoms with E-state index in [2.05, 4.69) is 5.32 Å². The first-order chi connectivity index (χ1) is 11.4. The SMILES string of the molecule is Cc1ccc(Cl)cc1NC(=O)CN1C(=O)c2cccc(Cl)c2C1=O. The van der Waals surface area contributed by atoms with Crippen LogP contribution in [0.5, 0.6) is 0 Å². The Labute approximate surface area is 148 Å². The van der Waals surface area contributed by atoms with Crippen molar-refractivity contribution in [2.24, 2.45) is 0 Å². The summed E-state index contributed by atoms with van der Waals surface area (Å²) in [4.78, 5) is 37.8. The normalized spacial score (nSPS) is 13.2. The lowest BCUT2D eigenvalue weighted by molar-refractivity contribution is -0.116. The minimum Gasteiger partial charge on any atom is -0.324 e. The zero-order valence-corrected chi connectivity index (χ0v) is 14.1. The zero-order chi connectivity index (χ0) is 17.4. The molecule has 1 N–H and O–H groups in total. The van der Waals surface area contributed by atoms with Crippen LogP contribution in [0.2, 0.25) is 10.0 Å². The number of fused-ring (bicyclic) bond motifs is 1. The molecule has 24 heavy (non-hydrogen) atoms. The molecule has 3 rings (SSSR count). The predicted octanol–water partition coefficient (Wildman–Crippen LogP) is 3.54. The number of carbonyl (C=O) groups is 3. The van der Waals surface area contributed by atoms with Crippen LogP contribution in [0.25, 0.3) is 0 Å². The van der Waals surface area contributed by atoms with Crippen molar-refractivity contribution < 1.29 is 14.4 Å². The second-order valence-corrected chi connectivity index (χ2v) is 6.21. The Balaban J connectivity index is 1.79. The molecule has 0 radical (unpaired) electrons. The summed E-state index contributed by atoms with van der Waals surface area (Å²) < 4.78 is 0. The van der Waals surface area contributed by atoms with Crippen LogP contribution in [0.3, 0.4) is 0 Å². The number of aryl methyl sites for hydroxylation is 1. The molecule has 122 valence electrons. The van der Waals surface area contributed by atoms with Gasteiger partial charge in [0, 0.05) is 10.7 Å².